The van der Waals surface area contributed by atoms with Gasteiger partial charge in [-0.2, -0.15) is 5.10 Å². The van der Waals surface area contributed by atoms with Gasteiger partial charge in [0.05, 0.1) is 16.3 Å². The van der Waals surface area contributed by atoms with Gasteiger partial charge in [-0.25, -0.2) is 8.42 Å². The molecule has 0 saturated heterocycles. The molecule has 0 saturated carbocycles. The van der Waals surface area contributed by atoms with Crippen LogP contribution in [0.1, 0.15) is 23.0 Å². The van der Waals surface area contributed by atoms with Crippen LogP contribution in [0, 0.1) is 6.92 Å². The third-order valence-electron chi connectivity index (χ3n) is 3.08. The predicted octanol–water partition coefficient (Wildman–Crippen LogP) is 1.77. The number of carbonyl (C=O) groups is 1. The SMILES string of the molecule is CCS(=O)(=O)c1cccc(C(=O)Nc2cc(C)nn2C)c1. The summed E-state index contributed by atoms with van der Waals surface area (Å²) in [6.45, 7) is 3.39. The molecule has 0 aliphatic rings. The van der Waals surface area contributed by atoms with Gasteiger partial charge in [-0.1, -0.05) is 13.0 Å². The van der Waals surface area contributed by atoms with Crippen LogP contribution in [0.15, 0.2) is 35.2 Å². The number of hydrogen-bond acceptors (Lipinski definition) is 4. The number of aryl methyl sites for hydroxylation is 2. The van der Waals surface area contributed by atoms with E-state index in [1.54, 1.807) is 36.9 Å². The Balaban J connectivity index is 2.28. The molecule has 21 heavy (non-hydrogen) atoms. The van der Waals surface area contributed by atoms with Gasteiger partial charge in [0.1, 0.15) is 5.82 Å². The van der Waals surface area contributed by atoms with Crippen molar-refractivity contribution in [2.24, 2.45) is 7.05 Å². The highest BCUT2D eigenvalue weighted by Crippen LogP contribution is 2.15. The van der Waals surface area contributed by atoms with E-state index in [0.717, 1.165) is 5.69 Å². The molecule has 1 N–H and O–H groups in total. The minimum atomic E-state index is -3.33. The maximum absolute atomic E-state index is 12.2. The summed E-state index contributed by atoms with van der Waals surface area (Å²) in [4.78, 5) is 12.3. The van der Waals surface area contributed by atoms with Crippen LogP contribution in [0.5, 0.6) is 0 Å². The van der Waals surface area contributed by atoms with Gasteiger partial charge >= 0.3 is 0 Å². The number of hydrogen-bond donors (Lipinski definition) is 1. The van der Waals surface area contributed by atoms with E-state index in [0.29, 0.717) is 11.4 Å². The highest BCUT2D eigenvalue weighted by Gasteiger charge is 2.15. The molecule has 1 amide bonds. The Labute approximate surface area is 123 Å². The Kier molecular flexibility index (Phi) is 4.13. The summed E-state index contributed by atoms with van der Waals surface area (Å²) >= 11 is 0. The molecule has 0 radical (unpaired) electrons. The standard InChI is InChI=1S/C14H17N3O3S/c1-4-21(19,20)12-7-5-6-11(9-12)14(18)15-13-8-10(2)16-17(13)3/h5-9H,4H2,1-3H3,(H,15,18). The van der Waals surface area contributed by atoms with Gasteiger partial charge in [-0.15, -0.1) is 0 Å². The minimum Gasteiger partial charge on any atom is -0.307 e. The van der Waals surface area contributed by atoms with Crippen LogP contribution in [0.3, 0.4) is 0 Å². The van der Waals surface area contributed by atoms with Gasteiger partial charge in [0.2, 0.25) is 0 Å². The van der Waals surface area contributed by atoms with Crippen molar-refractivity contribution in [1.29, 1.82) is 0 Å². The van der Waals surface area contributed by atoms with Gasteiger partial charge in [-0.3, -0.25) is 9.48 Å². The quantitative estimate of drug-likeness (QED) is 0.933. The zero-order valence-electron chi connectivity index (χ0n) is 12.1. The first-order valence-corrected chi connectivity index (χ1v) is 8.13. The van der Waals surface area contributed by atoms with E-state index in [1.165, 1.54) is 12.1 Å². The van der Waals surface area contributed by atoms with Crippen molar-refractivity contribution in [1.82, 2.24) is 9.78 Å². The van der Waals surface area contributed by atoms with Crippen molar-refractivity contribution in [3.63, 3.8) is 0 Å². The zero-order chi connectivity index (χ0) is 15.6. The lowest BCUT2D eigenvalue weighted by molar-refractivity contribution is 0.102. The fourth-order valence-electron chi connectivity index (χ4n) is 1.91. The van der Waals surface area contributed by atoms with Crippen LogP contribution < -0.4 is 5.32 Å². The smallest absolute Gasteiger partial charge is 0.256 e. The van der Waals surface area contributed by atoms with E-state index in [1.807, 2.05) is 6.92 Å². The van der Waals surface area contributed by atoms with Crippen LogP contribution in [-0.2, 0) is 16.9 Å². The Bertz CT molecular complexity index is 779. The lowest BCUT2D eigenvalue weighted by Crippen LogP contribution is -2.15. The Morgan fingerprint density at radius 1 is 1.33 bits per heavy atom. The van der Waals surface area contributed by atoms with Crippen molar-refractivity contribution in [3.05, 3.63) is 41.6 Å². The maximum Gasteiger partial charge on any atom is 0.256 e. The minimum absolute atomic E-state index is 0.000994. The molecule has 1 aromatic carbocycles. The second kappa shape index (κ2) is 5.69. The monoisotopic (exact) mass is 307 g/mol. The third-order valence-corrected chi connectivity index (χ3v) is 4.81. The molecule has 0 atom stereocenters. The van der Waals surface area contributed by atoms with E-state index in [2.05, 4.69) is 10.4 Å². The number of rotatable bonds is 4. The van der Waals surface area contributed by atoms with Crippen molar-refractivity contribution >= 4 is 21.6 Å². The summed E-state index contributed by atoms with van der Waals surface area (Å²) in [5.74, 6) is 0.186. The lowest BCUT2D eigenvalue weighted by Gasteiger charge is -2.07. The Hall–Kier alpha value is -2.15. The molecule has 2 aromatic rings. The number of amides is 1. The van der Waals surface area contributed by atoms with Gasteiger partial charge in [0, 0.05) is 18.7 Å². The highest BCUT2D eigenvalue weighted by molar-refractivity contribution is 7.91. The van der Waals surface area contributed by atoms with Crippen molar-refractivity contribution < 1.29 is 13.2 Å². The van der Waals surface area contributed by atoms with Gasteiger partial charge in [0.25, 0.3) is 5.91 Å². The summed E-state index contributed by atoms with van der Waals surface area (Å²) < 4.78 is 25.2. The zero-order valence-corrected chi connectivity index (χ0v) is 12.9. The fraction of sp³-hybridized carbons (Fsp3) is 0.286. The lowest BCUT2D eigenvalue weighted by atomic mass is 10.2. The molecule has 0 spiro atoms. The predicted molar refractivity (Wildman–Crippen MR) is 80.1 cm³/mol. The van der Waals surface area contributed by atoms with Crippen molar-refractivity contribution in [2.45, 2.75) is 18.7 Å². The summed E-state index contributed by atoms with van der Waals surface area (Å²) in [6.07, 6.45) is 0. The molecule has 112 valence electrons. The number of carbonyl (C=O) groups excluding carboxylic acids is 1. The Morgan fingerprint density at radius 2 is 2.05 bits per heavy atom. The molecular weight excluding hydrogens is 290 g/mol. The van der Waals surface area contributed by atoms with E-state index in [4.69, 9.17) is 0 Å². The third kappa shape index (κ3) is 3.30. The molecule has 0 bridgehead atoms. The van der Waals surface area contributed by atoms with Gasteiger partial charge in [-0.05, 0) is 25.1 Å². The number of benzene rings is 1. The summed E-state index contributed by atoms with van der Waals surface area (Å²) in [6, 6.07) is 7.75. The van der Waals surface area contributed by atoms with Gasteiger partial charge in [0.15, 0.2) is 9.84 Å². The maximum atomic E-state index is 12.2. The first kappa shape index (κ1) is 15.2. The average Bonchev–Trinajstić information content (AvgIpc) is 2.77. The molecule has 2 rings (SSSR count). The van der Waals surface area contributed by atoms with Crippen molar-refractivity contribution in [2.75, 3.05) is 11.1 Å². The number of nitrogens with one attached hydrogen (secondary N) is 1. The molecule has 0 fully saturated rings. The number of sulfone groups is 1. The van der Waals surface area contributed by atoms with Crippen LogP contribution in [0.2, 0.25) is 0 Å². The molecule has 0 unspecified atom stereocenters. The highest BCUT2D eigenvalue weighted by atomic mass is 32.2. The number of nitrogens with zero attached hydrogens (tertiary/aromatic N) is 2. The largest absolute Gasteiger partial charge is 0.307 e. The van der Waals surface area contributed by atoms with Crippen LogP contribution in [0.4, 0.5) is 5.82 Å². The molecule has 6 nitrogen and oxygen atoms in total. The number of anilines is 1. The molecule has 7 heteroatoms. The summed E-state index contributed by atoms with van der Waals surface area (Å²) in [7, 11) is -1.61. The van der Waals surface area contributed by atoms with Crippen molar-refractivity contribution in [3.8, 4) is 0 Å². The van der Waals surface area contributed by atoms with E-state index < -0.39 is 9.84 Å². The molecular formula is C14H17N3O3S. The van der Waals surface area contributed by atoms with Crippen LogP contribution in [0.25, 0.3) is 0 Å². The van der Waals surface area contributed by atoms with E-state index in [-0.39, 0.29) is 16.6 Å². The topological polar surface area (TPSA) is 81.1 Å². The molecule has 1 heterocycles. The second-order valence-electron chi connectivity index (χ2n) is 4.68. The molecule has 0 aliphatic carbocycles. The average molecular weight is 307 g/mol. The van der Waals surface area contributed by atoms with Crippen LogP contribution >= 0.6 is 0 Å². The summed E-state index contributed by atoms with van der Waals surface area (Å²) in [5, 5.41) is 6.84. The van der Waals surface area contributed by atoms with Gasteiger partial charge < -0.3 is 5.32 Å². The molecule has 0 aliphatic heterocycles. The van der Waals surface area contributed by atoms with E-state index in [9.17, 15) is 13.2 Å². The normalized spacial score (nSPS) is 11.4. The Morgan fingerprint density at radius 3 is 2.62 bits per heavy atom. The second-order valence-corrected chi connectivity index (χ2v) is 6.96. The van der Waals surface area contributed by atoms with E-state index >= 15 is 0 Å². The van der Waals surface area contributed by atoms with Crippen LogP contribution in [-0.4, -0.2) is 29.9 Å². The first-order chi connectivity index (χ1) is 9.83. The molecule has 1 aromatic heterocycles. The number of aromatic nitrogens is 2. The fourth-order valence-corrected chi connectivity index (χ4v) is 2.84. The summed E-state index contributed by atoms with van der Waals surface area (Å²) in [5.41, 5.74) is 1.08. The first-order valence-electron chi connectivity index (χ1n) is 6.48.